The molecule has 0 aromatic heterocycles. The zero-order valence-electron chi connectivity index (χ0n) is 20.0. The number of alkyl halides is 17. The summed E-state index contributed by atoms with van der Waals surface area (Å²) in [5, 5.41) is 1.95. The Morgan fingerprint density at radius 2 is 1.05 bits per heavy atom. The van der Waals surface area contributed by atoms with E-state index in [2.05, 4.69) is 4.74 Å². The second-order valence-electron chi connectivity index (χ2n) is 9.01. The zero-order valence-corrected chi connectivity index (χ0v) is 20.0. The van der Waals surface area contributed by atoms with Crippen molar-refractivity contribution >= 4 is 17.5 Å². The van der Waals surface area contributed by atoms with Gasteiger partial charge >= 0.3 is 53.7 Å². The molecule has 0 radical (unpaired) electrons. The minimum Gasteiger partial charge on any atom is -0.443 e. The molecule has 3 N–H and O–H groups in total. The van der Waals surface area contributed by atoms with Crippen LogP contribution < -0.4 is 11.1 Å². The molecule has 0 bridgehead atoms. The van der Waals surface area contributed by atoms with Crippen molar-refractivity contribution in [3.63, 3.8) is 0 Å². The van der Waals surface area contributed by atoms with Crippen LogP contribution in [0.15, 0.2) is 24.3 Å². The third kappa shape index (κ3) is 6.02. The fourth-order valence-corrected chi connectivity index (χ4v) is 2.86. The number of carbonyl (C=O) groups is 1. The molecule has 0 heterocycles. The number of hydrogen-bond donors (Lipinski definition) is 2. The van der Waals surface area contributed by atoms with Crippen molar-refractivity contribution in [3.05, 3.63) is 24.3 Å². The lowest BCUT2D eigenvalue weighted by molar-refractivity contribution is -0.462. The number of hydrogen-bond acceptors (Lipinski definition) is 3. The largest absolute Gasteiger partial charge is 0.460 e. The van der Waals surface area contributed by atoms with Crippen LogP contribution in [0.4, 0.5) is 90.8 Å². The first-order valence-corrected chi connectivity index (χ1v) is 10.4. The van der Waals surface area contributed by atoms with E-state index in [0.717, 1.165) is 0 Å². The molecule has 0 saturated carbocycles. The van der Waals surface area contributed by atoms with E-state index in [4.69, 9.17) is 5.73 Å². The molecule has 1 aromatic rings. The molecule has 0 unspecified atom stereocenters. The Labute approximate surface area is 218 Å². The van der Waals surface area contributed by atoms with Crippen LogP contribution in [0.2, 0.25) is 0 Å². The molecular weight excluding hydrogens is 623 g/mol. The molecule has 0 atom stereocenters. The summed E-state index contributed by atoms with van der Waals surface area (Å²) in [5.41, 5.74) is 2.91. The average molecular weight is 640 g/mol. The molecular formula is C20H17F17N2O2. The van der Waals surface area contributed by atoms with Crippen LogP contribution in [-0.4, -0.2) is 59.3 Å². The van der Waals surface area contributed by atoms with Crippen LogP contribution in [0, 0.1) is 0 Å². The third-order valence-electron chi connectivity index (χ3n) is 5.39. The molecule has 1 aromatic carbocycles. The molecule has 0 aliphatic heterocycles. The van der Waals surface area contributed by atoms with E-state index in [9.17, 15) is 79.4 Å². The van der Waals surface area contributed by atoms with Gasteiger partial charge in [0.25, 0.3) is 0 Å². The van der Waals surface area contributed by atoms with Gasteiger partial charge < -0.3 is 10.5 Å². The van der Waals surface area contributed by atoms with Gasteiger partial charge in [0.1, 0.15) is 5.60 Å². The van der Waals surface area contributed by atoms with Crippen molar-refractivity contribution in [3.8, 4) is 0 Å². The quantitative estimate of drug-likeness (QED) is 0.189. The summed E-state index contributed by atoms with van der Waals surface area (Å²) in [4.78, 5) is 11.9. The van der Waals surface area contributed by atoms with Gasteiger partial charge in [0.2, 0.25) is 0 Å². The van der Waals surface area contributed by atoms with Crippen LogP contribution in [0.5, 0.6) is 0 Å². The molecule has 0 fully saturated rings. The highest BCUT2D eigenvalue weighted by Gasteiger charge is 2.95. The van der Waals surface area contributed by atoms with E-state index in [1.807, 2.05) is 5.32 Å². The highest BCUT2D eigenvalue weighted by atomic mass is 19.4. The van der Waals surface area contributed by atoms with Gasteiger partial charge in [-0.05, 0) is 32.4 Å². The van der Waals surface area contributed by atoms with Crippen LogP contribution in [0.1, 0.15) is 26.7 Å². The molecule has 41 heavy (non-hydrogen) atoms. The summed E-state index contributed by atoms with van der Waals surface area (Å²) in [7, 11) is 0. The third-order valence-corrected chi connectivity index (χ3v) is 5.39. The summed E-state index contributed by atoms with van der Waals surface area (Å²) in [5.74, 6) is -56.9. The van der Waals surface area contributed by atoms with Crippen molar-refractivity contribution in [2.24, 2.45) is 0 Å². The summed E-state index contributed by atoms with van der Waals surface area (Å²) < 4.78 is 232. The van der Waals surface area contributed by atoms with Crippen LogP contribution in [-0.2, 0) is 4.74 Å². The minimum absolute atomic E-state index is 0.0769. The van der Waals surface area contributed by atoms with Gasteiger partial charge in [-0.15, -0.1) is 0 Å². The summed E-state index contributed by atoms with van der Waals surface area (Å²) in [6, 6.07) is 5.17. The lowest BCUT2D eigenvalue weighted by atomic mass is 9.87. The number of nitrogen functional groups attached to an aromatic ring is 1. The standard InChI is InChI=1S/C20H17F17N2O2/c1-12(2,41-11(40)39-10-6-4-3-5-9(10)38)7-8-13(21,22)14(23,24)15(25,26)16(27,28)17(29,30)18(31,32)19(33,34)20(35,36)37/h3-6H,7-8,38H2,1-2H3,(H,39,40). The zero-order chi connectivity index (χ0) is 32.9. The van der Waals surface area contributed by atoms with Gasteiger partial charge in [0.05, 0.1) is 11.4 Å². The summed E-state index contributed by atoms with van der Waals surface area (Å²) in [6.45, 7) is 1.35. The van der Waals surface area contributed by atoms with Crippen molar-refractivity contribution in [2.75, 3.05) is 11.1 Å². The van der Waals surface area contributed by atoms with Gasteiger partial charge in [0.15, 0.2) is 0 Å². The summed E-state index contributed by atoms with van der Waals surface area (Å²) in [6.07, 6.45) is -13.7. The molecule has 21 heteroatoms. The fourth-order valence-electron chi connectivity index (χ4n) is 2.86. The van der Waals surface area contributed by atoms with E-state index in [1.54, 1.807) is 0 Å². The van der Waals surface area contributed by atoms with E-state index >= 15 is 0 Å². The second-order valence-corrected chi connectivity index (χ2v) is 9.01. The van der Waals surface area contributed by atoms with Crippen molar-refractivity contribution < 1.29 is 84.2 Å². The number of halogens is 17. The van der Waals surface area contributed by atoms with E-state index < -0.39 is 72.2 Å². The van der Waals surface area contributed by atoms with Gasteiger partial charge in [-0.2, -0.15) is 74.6 Å². The average Bonchev–Trinajstić information content (AvgIpc) is 2.77. The maximum atomic E-state index is 14.1. The molecule has 4 nitrogen and oxygen atoms in total. The van der Waals surface area contributed by atoms with E-state index in [-0.39, 0.29) is 11.4 Å². The number of para-hydroxylation sites is 2. The Morgan fingerprint density at radius 3 is 1.46 bits per heavy atom. The Hall–Kier alpha value is -2.90. The SMILES string of the molecule is CC(C)(CCC(F)(F)C(F)(F)C(F)(F)C(F)(F)C(F)(F)C(F)(F)C(F)(F)C(F)(F)F)OC(=O)Nc1ccccc1N. The lowest BCUT2D eigenvalue weighted by Crippen LogP contribution is -2.74. The second kappa shape index (κ2) is 10.4. The summed E-state index contributed by atoms with van der Waals surface area (Å²) >= 11 is 0. The Kier molecular flexibility index (Phi) is 9.19. The topological polar surface area (TPSA) is 64.3 Å². The number of anilines is 2. The minimum atomic E-state index is -8.69. The number of amides is 1. The predicted molar refractivity (Wildman–Crippen MR) is 105 cm³/mol. The van der Waals surface area contributed by atoms with E-state index in [0.29, 0.717) is 13.8 Å². The van der Waals surface area contributed by atoms with Gasteiger partial charge in [-0.1, -0.05) is 12.1 Å². The smallest absolute Gasteiger partial charge is 0.443 e. The molecule has 1 amide bonds. The maximum Gasteiger partial charge on any atom is 0.460 e. The van der Waals surface area contributed by atoms with Crippen molar-refractivity contribution in [1.82, 2.24) is 0 Å². The highest BCUT2D eigenvalue weighted by molar-refractivity contribution is 5.88. The molecule has 0 aliphatic rings. The number of rotatable bonds is 11. The van der Waals surface area contributed by atoms with Crippen LogP contribution in [0.3, 0.4) is 0 Å². The van der Waals surface area contributed by atoms with E-state index in [1.165, 1.54) is 24.3 Å². The van der Waals surface area contributed by atoms with Gasteiger partial charge in [0, 0.05) is 6.42 Å². The van der Waals surface area contributed by atoms with Gasteiger partial charge in [-0.25, -0.2) is 4.79 Å². The number of nitrogens with one attached hydrogen (secondary N) is 1. The lowest BCUT2D eigenvalue weighted by Gasteiger charge is -2.43. The molecule has 238 valence electrons. The monoisotopic (exact) mass is 640 g/mol. The number of nitrogens with two attached hydrogens (primary N) is 1. The van der Waals surface area contributed by atoms with Crippen LogP contribution >= 0.6 is 0 Å². The number of ether oxygens (including phenoxy) is 1. The molecule has 0 saturated heterocycles. The van der Waals surface area contributed by atoms with Gasteiger partial charge in [-0.3, -0.25) is 5.32 Å². The molecule has 0 aliphatic carbocycles. The van der Waals surface area contributed by atoms with Crippen molar-refractivity contribution in [2.45, 2.75) is 79.9 Å². The number of carbonyl (C=O) groups excluding carboxylic acids is 1. The first-order valence-electron chi connectivity index (χ1n) is 10.4. The maximum absolute atomic E-state index is 14.1. The Morgan fingerprint density at radius 1 is 0.659 bits per heavy atom. The number of benzene rings is 1. The molecule has 0 spiro atoms. The fraction of sp³-hybridized carbons (Fsp3) is 0.650. The first kappa shape index (κ1) is 36.1. The molecule has 1 rings (SSSR count). The normalized spacial score (nSPS) is 15.1. The Balaban J connectivity index is 3.27. The van der Waals surface area contributed by atoms with Crippen LogP contribution in [0.25, 0.3) is 0 Å². The predicted octanol–water partition coefficient (Wildman–Crippen LogP) is 8.39. The first-order chi connectivity index (χ1) is 17.8. The van der Waals surface area contributed by atoms with Crippen molar-refractivity contribution in [1.29, 1.82) is 0 Å². The highest BCUT2D eigenvalue weighted by Crippen LogP contribution is 2.64. The Bertz CT molecular complexity index is 1100.